The second-order valence-electron chi connectivity index (χ2n) is 8.92. The number of halogens is 2. The van der Waals surface area contributed by atoms with Gasteiger partial charge in [0.2, 0.25) is 0 Å². The second kappa shape index (κ2) is 13.0. The normalized spacial score (nSPS) is 17.5. The van der Waals surface area contributed by atoms with Crippen LogP contribution in [0.25, 0.3) is 5.76 Å². The van der Waals surface area contributed by atoms with Gasteiger partial charge in [0.25, 0.3) is 11.7 Å². The van der Waals surface area contributed by atoms with Crippen LogP contribution in [0.2, 0.25) is 0 Å². The number of nitrogens with zero attached hydrogens (tertiary/aromatic N) is 2. The van der Waals surface area contributed by atoms with Gasteiger partial charge >= 0.3 is 0 Å². The summed E-state index contributed by atoms with van der Waals surface area (Å²) in [6.45, 7) is 7.41. The molecule has 0 spiro atoms. The topological polar surface area (TPSA) is 60.9 Å². The molecule has 0 saturated carbocycles. The molecule has 1 heterocycles. The van der Waals surface area contributed by atoms with Crippen LogP contribution in [-0.2, 0) is 9.59 Å². The first-order valence-corrected chi connectivity index (χ1v) is 13.2. The Bertz CT molecular complexity index is 1050. The molecule has 0 aromatic heterocycles. The van der Waals surface area contributed by atoms with E-state index in [0.29, 0.717) is 18.5 Å². The van der Waals surface area contributed by atoms with Crippen LogP contribution in [0.5, 0.6) is 0 Å². The van der Waals surface area contributed by atoms with Gasteiger partial charge in [0, 0.05) is 22.1 Å². The molecular weight excluding hydrogens is 511 g/mol. The lowest BCUT2D eigenvalue weighted by molar-refractivity contribution is -0.140. The zero-order valence-corrected chi connectivity index (χ0v) is 22.1. The van der Waals surface area contributed by atoms with Gasteiger partial charge in [0.05, 0.1) is 11.6 Å². The van der Waals surface area contributed by atoms with Crippen molar-refractivity contribution in [3.63, 3.8) is 0 Å². The fourth-order valence-corrected chi connectivity index (χ4v) is 4.72. The van der Waals surface area contributed by atoms with Crippen molar-refractivity contribution in [3.8, 4) is 0 Å². The number of rotatable bonds is 12. The van der Waals surface area contributed by atoms with E-state index in [-0.39, 0.29) is 16.9 Å². The molecule has 1 unspecified atom stereocenters. The van der Waals surface area contributed by atoms with Crippen molar-refractivity contribution in [3.05, 3.63) is 75.5 Å². The van der Waals surface area contributed by atoms with Gasteiger partial charge in [-0.3, -0.25) is 9.59 Å². The quantitative estimate of drug-likeness (QED) is 0.193. The number of likely N-dealkylation sites (tertiary alicyclic amines) is 1. The van der Waals surface area contributed by atoms with Crippen molar-refractivity contribution < 1.29 is 19.1 Å². The van der Waals surface area contributed by atoms with E-state index < -0.39 is 23.5 Å². The molecule has 1 fully saturated rings. The molecule has 188 valence electrons. The number of carbonyl (C=O) groups excluding carboxylic acids is 2. The van der Waals surface area contributed by atoms with Crippen molar-refractivity contribution in [2.24, 2.45) is 0 Å². The second-order valence-corrected chi connectivity index (χ2v) is 9.84. The molecule has 1 amide bonds. The van der Waals surface area contributed by atoms with Gasteiger partial charge in [-0.25, -0.2) is 4.39 Å². The van der Waals surface area contributed by atoms with Crippen LogP contribution >= 0.6 is 15.9 Å². The van der Waals surface area contributed by atoms with Gasteiger partial charge in [0.15, 0.2) is 0 Å². The Labute approximate surface area is 215 Å². The van der Waals surface area contributed by atoms with Crippen LogP contribution in [0.3, 0.4) is 0 Å². The molecule has 7 heteroatoms. The molecule has 1 saturated heterocycles. The smallest absolute Gasteiger partial charge is 0.295 e. The number of unbranched alkanes of at least 4 members (excludes halogenated alkanes) is 2. The first kappa shape index (κ1) is 27.1. The minimum Gasteiger partial charge on any atom is -0.507 e. The first-order valence-electron chi connectivity index (χ1n) is 12.4. The number of benzene rings is 2. The largest absolute Gasteiger partial charge is 0.507 e. The zero-order valence-electron chi connectivity index (χ0n) is 20.5. The van der Waals surface area contributed by atoms with Crippen molar-refractivity contribution in [1.29, 1.82) is 0 Å². The summed E-state index contributed by atoms with van der Waals surface area (Å²) in [6, 6.07) is 12.0. The molecular formula is C28H34BrFN2O3. The predicted octanol–water partition coefficient (Wildman–Crippen LogP) is 6.30. The molecule has 1 aliphatic heterocycles. The fraction of sp³-hybridized carbons (Fsp3) is 0.429. The van der Waals surface area contributed by atoms with Gasteiger partial charge in [-0.2, -0.15) is 0 Å². The maximum absolute atomic E-state index is 14.9. The summed E-state index contributed by atoms with van der Waals surface area (Å²) < 4.78 is 15.7. The number of aliphatic hydroxyl groups excluding tert-OH is 1. The van der Waals surface area contributed by atoms with Gasteiger partial charge in [0.1, 0.15) is 11.6 Å². The molecule has 3 rings (SSSR count). The van der Waals surface area contributed by atoms with E-state index in [1.54, 1.807) is 42.5 Å². The van der Waals surface area contributed by atoms with Gasteiger partial charge in [-0.15, -0.1) is 0 Å². The molecule has 0 radical (unpaired) electrons. The van der Waals surface area contributed by atoms with Crippen LogP contribution in [0, 0.1) is 5.82 Å². The van der Waals surface area contributed by atoms with Crippen molar-refractivity contribution >= 4 is 33.4 Å². The average Bonchev–Trinajstić information content (AvgIpc) is 3.10. The molecule has 2 aromatic carbocycles. The lowest BCUT2D eigenvalue weighted by Gasteiger charge is -2.27. The number of aliphatic hydroxyl groups is 1. The van der Waals surface area contributed by atoms with Crippen LogP contribution in [0.1, 0.15) is 63.1 Å². The minimum atomic E-state index is -0.973. The van der Waals surface area contributed by atoms with Crippen LogP contribution in [0.4, 0.5) is 4.39 Å². The minimum absolute atomic E-state index is 0.0729. The third kappa shape index (κ3) is 6.58. The molecule has 0 bridgehead atoms. The summed E-state index contributed by atoms with van der Waals surface area (Å²) in [5.41, 5.74) is 0.535. The molecule has 2 aromatic rings. The van der Waals surface area contributed by atoms with E-state index in [1.165, 1.54) is 11.0 Å². The third-order valence-corrected chi connectivity index (χ3v) is 6.92. The molecule has 1 N–H and O–H groups in total. The highest BCUT2D eigenvalue weighted by Gasteiger charge is 2.46. The van der Waals surface area contributed by atoms with Gasteiger partial charge in [-0.05, 0) is 57.1 Å². The summed E-state index contributed by atoms with van der Waals surface area (Å²) >= 11 is 3.36. The number of carbonyl (C=O) groups is 2. The SMILES string of the molecule is CCCCN(CCCC)CCCN1C(=O)C(=O)/C(=C(\O)c2ccc(Br)cc2)C1c1ccccc1F. The monoisotopic (exact) mass is 544 g/mol. The number of hydrogen-bond donors (Lipinski definition) is 1. The lowest BCUT2D eigenvalue weighted by Crippen LogP contribution is -2.34. The van der Waals surface area contributed by atoms with Crippen molar-refractivity contribution in [2.45, 2.75) is 52.0 Å². The van der Waals surface area contributed by atoms with E-state index >= 15 is 0 Å². The molecule has 1 atom stereocenters. The molecule has 1 aliphatic rings. The number of Topliss-reactive ketones (excluding diaryl/α,β-unsaturated/α-hetero) is 1. The van der Waals surface area contributed by atoms with Crippen molar-refractivity contribution in [2.75, 3.05) is 26.2 Å². The highest BCUT2D eigenvalue weighted by molar-refractivity contribution is 9.10. The number of amides is 1. The lowest BCUT2D eigenvalue weighted by atomic mass is 9.95. The predicted molar refractivity (Wildman–Crippen MR) is 140 cm³/mol. The summed E-state index contributed by atoms with van der Waals surface area (Å²) in [5, 5.41) is 11.1. The van der Waals surface area contributed by atoms with E-state index in [9.17, 15) is 19.1 Å². The molecule has 35 heavy (non-hydrogen) atoms. The summed E-state index contributed by atoms with van der Waals surface area (Å²) in [6.07, 6.45) is 5.10. The van der Waals surface area contributed by atoms with Crippen LogP contribution in [-0.4, -0.2) is 52.8 Å². The van der Waals surface area contributed by atoms with E-state index in [2.05, 4.69) is 34.7 Å². The van der Waals surface area contributed by atoms with Crippen LogP contribution < -0.4 is 0 Å². The maximum atomic E-state index is 14.9. The number of hydrogen-bond acceptors (Lipinski definition) is 4. The zero-order chi connectivity index (χ0) is 25.4. The highest BCUT2D eigenvalue weighted by atomic mass is 79.9. The average molecular weight is 545 g/mol. The van der Waals surface area contributed by atoms with E-state index in [4.69, 9.17) is 0 Å². The Morgan fingerprint density at radius 2 is 1.57 bits per heavy atom. The molecule has 5 nitrogen and oxygen atoms in total. The summed E-state index contributed by atoms with van der Waals surface area (Å²) in [5.74, 6) is -2.30. The summed E-state index contributed by atoms with van der Waals surface area (Å²) in [4.78, 5) is 30.0. The fourth-order valence-electron chi connectivity index (χ4n) is 4.46. The van der Waals surface area contributed by atoms with Gasteiger partial charge < -0.3 is 14.9 Å². The van der Waals surface area contributed by atoms with E-state index in [0.717, 1.165) is 49.8 Å². The van der Waals surface area contributed by atoms with Crippen molar-refractivity contribution in [1.82, 2.24) is 9.80 Å². The maximum Gasteiger partial charge on any atom is 0.295 e. The Morgan fingerprint density at radius 1 is 0.971 bits per heavy atom. The summed E-state index contributed by atoms with van der Waals surface area (Å²) in [7, 11) is 0. The standard InChI is InChI=1S/C28H34BrFN2O3/c1-3-5-16-31(17-6-4-2)18-9-19-32-25(22-10-7-8-11-23(22)30)24(27(34)28(32)35)26(33)20-12-14-21(29)15-13-20/h7-8,10-15,25,33H,3-6,9,16-19H2,1-2H3/b26-24-. The highest BCUT2D eigenvalue weighted by Crippen LogP contribution is 2.40. The first-order chi connectivity index (χ1) is 16.9. The Kier molecular flexibility index (Phi) is 10.0. The van der Waals surface area contributed by atoms with E-state index in [1.807, 2.05) is 0 Å². The Balaban J connectivity index is 1.92. The Morgan fingerprint density at radius 3 is 2.17 bits per heavy atom. The molecule has 0 aliphatic carbocycles. The third-order valence-electron chi connectivity index (χ3n) is 6.39. The number of ketones is 1. The Hall–Kier alpha value is -2.51. The van der Waals surface area contributed by atoms with Gasteiger partial charge in [-0.1, -0.05) is 73.0 Å². The van der Waals surface area contributed by atoms with Crippen LogP contribution in [0.15, 0.2) is 58.6 Å².